The number of alkyl halides is 2. The van der Waals surface area contributed by atoms with Crippen LogP contribution >= 0.6 is 23.2 Å². The van der Waals surface area contributed by atoms with E-state index in [1.54, 1.807) is 0 Å². The lowest BCUT2D eigenvalue weighted by Gasteiger charge is -2.10. The van der Waals surface area contributed by atoms with Gasteiger partial charge < -0.3 is 4.74 Å². The highest BCUT2D eigenvalue weighted by Crippen LogP contribution is 2.37. The minimum atomic E-state index is -0.358. The molecule has 3 atom stereocenters. The monoisotopic (exact) mass is 230 g/mol. The minimum Gasteiger partial charge on any atom is -0.353 e. The van der Waals surface area contributed by atoms with Crippen molar-refractivity contribution in [2.24, 2.45) is 0 Å². The Hall–Kier alpha value is -0.240. The maximum Gasteiger partial charge on any atom is 0.148 e. The summed E-state index contributed by atoms with van der Waals surface area (Å²) in [6, 6.07) is 8.28. The van der Waals surface area contributed by atoms with Crippen molar-refractivity contribution in [3.63, 3.8) is 0 Å². The summed E-state index contributed by atoms with van der Waals surface area (Å²) in [4.78, 5) is 0. The van der Waals surface area contributed by atoms with Crippen molar-refractivity contribution < 1.29 is 4.74 Å². The molecule has 0 aliphatic carbocycles. The van der Waals surface area contributed by atoms with E-state index in [1.807, 2.05) is 0 Å². The second kappa shape index (κ2) is 4.09. The van der Waals surface area contributed by atoms with Gasteiger partial charge in [-0.15, -0.1) is 11.6 Å². The van der Waals surface area contributed by atoms with Crippen LogP contribution < -0.4 is 0 Å². The van der Waals surface area contributed by atoms with Crippen molar-refractivity contribution in [2.45, 2.75) is 30.4 Å². The Morgan fingerprint density at radius 3 is 2.36 bits per heavy atom. The Kier molecular flexibility index (Phi) is 3.01. The first-order chi connectivity index (χ1) is 6.66. The lowest BCUT2D eigenvalue weighted by molar-refractivity contribution is 0.0892. The highest BCUT2D eigenvalue weighted by molar-refractivity contribution is 6.29. The van der Waals surface area contributed by atoms with Gasteiger partial charge in [0.25, 0.3) is 0 Å². The smallest absolute Gasteiger partial charge is 0.148 e. The molecule has 1 aliphatic heterocycles. The molecule has 1 aliphatic rings. The summed E-state index contributed by atoms with van der Waals surface area (Å²) in [5, 5.41) is -0.0806. The summed E-state index contributed by atoms with van der Waals surface area (Å²) < 4.78 is 5.53. The normalized spacial score (nSPS) is 32.1. The van der Waals surface area contributed by atoms with Gasteiger partial charge in [0.1, 0.15) is 5.56 Å². The number of halogens is 2. The lowest BCUT2D eigenvalue weighted by atomic mass is 10.1. The predicted molar refractivity (Wildman–Crippen MR) is 58.9 cm³/mol. The van der Waals surface area contributed by atoms with E-state index in [0.29, 0.717) is 0 Å². The molecule has 0 unspecified atom stereocenters. The minimum absolute atomic E-state index is 0.0561. The van der Waals surface area contributed by atoms with Crippen molar-refractivity contribution in [3.8, 4) is 0 Å². The highest BCUT2D eigenvalue weighted by Gasteiger charge is 2.33. The SMILES string of the molecule is Cc1ccc([C@H]2C[C@H](Cl)[C@@H](Cl)O2)cc1. The average Bonchev–Trinajstić information content (AvgIpc) is 2.48. The zero-order chi connectivity index (χ0) is 10.1. The predicted octanol–water partition coefficient (Wildman–Crippen LogP) is 3.63. The zero-order valence-electron chi connectivity index (χ0n) is 7.91. The van der Waals surface area contributed by atoms with Crippen LogP contribution in [-0.2, 0) is 4.74 Å². The molecule has 3 heteroatoms. The fourth-order valence-electron chi connectivity index (χ4n) is 1.60. The van der Waals surface area contributed by atoms with Crippen LogP contribution in [0.5, 0.6) is 0 Å². The number of hydrogen-bond acceptors (Lipinski definition) is 1. The second-order valence-electron chi connectivity index (χ2n) is 3.64. The Labute approximate surface area is 94.0 Å². The number of hydrogen-bond donors (Lipinski definition) is 0. The molecule has 1 fully saturated rings. The maximum absolute atomic E-state index is 5.98. The number of ether oxygens (including phenoxy) is 1. The summed E-state index contributed by atoms with van der Waals surface area (Å²) >= 11 is 11.9. The lowest BCUT2D eigenvalue weighted by Crippen LogP contribution is -2.05. The number of benzene rings is 1. The van der Waals surface area contributed by atoms with E-state index in [0.717, 1.165) is 12.0 Å². The first-order valence-corrected chi connectivity index (χ1v) is 5.54. The van der Waals surface area contributed by atoms with Crippen LogP contribution in [-0.4, -0.2) is 10.9 Å². The third-order valence-corrected chi connectivity index (χ3v) is 3.41. The quantitative estimate of drug-likeness (QED) is 0.670. The van der Waals surface area contributed by atoms with Crippen molar-refractivity contribution >= 4 is 23.2 Å². The molecule has 76 valence electrons. The van der Waals surface area contributed by atoms with Gasteiger partial charge in [0.2, 0.25) is 0 Å². The Morgan fingerprint density at radius 2 is 1.86 bits per heavy atom. The van der Waals surface area contributed by atoms with Crippen LogP contribution in [0.4, 0.5) is 0 Å². The molecule has 14 heavy (non-hydrogen) atoms. The molecule has 0 spiro atoms. The summed E-state index contributed by atoms with van der Waals surface area (Å²) in [7, 11) is 0. The van der Waals surface area contributed by atoms with Crippen LogP contribution in [0.2, 0.25) is 0 Å². The molecule has 0 amide bonds. The Morgan fingerprint density at radius 1 is 1.21 bits per heavy atom. The fraction of sp³-hybridized carbons (Fsp3) is 0.455. The van der Waals surface area contributed by atoms with Gasteiger partial charge >= 0.3 is 0 Å². The van der Waals surface area contributed by atoms with Crippen LogP contribution in [0.3, 0.4) is 0 Å². The Balaban J connectivity index is 2.13. The maximum atomic E-state index is 5.98. The topological polar surface area (TPSA) is 9.23 Å². The molecule has 0 saturated carbocycles. The van der Waals surface area contributed by atoms with E-state index in [-0.39, 0.29) is 17.0 Å². The van der Waals surface area contributed by atoms with Gasteiger partial charge in [-0.3, -0.25) is 0 Å². The number of rotatable bonds is 1. The first kappa shape index (κ1) is 10.3. The van der Waals surface area contributed by atoms with E-state index in [9.17, 15) is 0 Å². The van der Waals surface area contributed by atoms with Crippen molar-refractivity contribution in [2.75, 3.05) is 0 Å². The van der Waals surface area contributed by atoms with Crippen molar-refractivity contribution in [3.05, 3.63) is 35.4 Å². The van der Waals surface area contributed by atoms with E-state index in [1.165, 1.54) is 5.56 Å². The van der Waals surface area contributed by atoms with Gasteiger partial charge in [0, 0.05) is 0 Å². The Bertz CT molecular complexity index is 300. The molecule has 1 saturated heterocycles. The molecule has 0 radical (unpaired) electrons. The molecular weight excluding hydrogens is 219 g/mol. The van der Waals surface area contributed by atoms with Crippen LogP contribution in [0.1, 0.15) is 23.7 Å². The third-order valence-electron chi connectivity index (χ3n) is 2.47. The van der Waals surface area contributed by atoms with E-state index >= 15 is 0 Å². The fourth-order valence-corrected chi connectivity index (χ4v) is 2.05. The standard InChI is InChI=1S/C11H12Cl2O/c1-7-2-4-8(5-3-7)10-6-9(12)11(13)14-10/h2-5,9-11H,6H2,1H3/t9-,10+,11-/m0/s1. The summed E-state index contributed by atoms with van der Waals surface area (Å²) in [6.07, 6.45) is 0.847. The first-order valence-electron chi connectivity index (χ1n) is 4.67. The van der Waals surface area contributed by atoms with Gasteiger partial charge in [0.05, 0.1) is 11.5 Å². The van der Waals surface area contributed by atoms with Crippen LogP contribution in [0.25, 0.3) is 0 Å². The van der Waals surface area contributed by atoms with Crippen LogP contribution in [0.15, 0.2) is 24.3 Å². The van der Waals surface area contributed by atoms with Crippen molar-refractivity contribution in [1.82, 2.24) is 0 Å². The largest absolute Gasteiger partial charge is 0.353 e. The molecular formula is C11H12Cl2O. The third kappa shape index (κ3) is 2.05. The summed E-state index contributed by atoms with van der Waals surface area (Å²) in [5.41, 5.74) is 2.05. The molecule has 2 rings (SSSR count). The molecule has 1 nitrogen and oxygen atoms in total. The number of aryl methyl sites for hydroxylation is 1. The molecule has 0 aromatic heterocycles. The second-order valence-corrected chi connectivity index (χ2v) is 4.63. The molecule has 1 aromatic rings. The average molecular weight is 231 g/mol. The van der Waals surface area contributed by atoms with E-state index in [4.69, 9.17) is 27.9 Å². The molecule has 0 bridgehead atoms. The van der Waals surface area contributed by atoms with E-state index < -0.39 is 0 Å². The molecule has 1 heterocycles. The zero-order valence-corrected chi connectivity index (χ0v) is 9.42. The summed E-state index contributed by atoms with van der Waals surface area (Å²) in [5.74, 6) is 0. The molecule has 0 N–H and O–H groups in total. The van der Waals surface area contributed by atoms with Gasteiger partial charge in [-0.1, -0.05) is 41.4 Å². The van der Waals surface area contributed by atoms with Gasteiger partial charge in [-0.05, 0) is 18.9 Å². The van der Waals surface area contributed by atoms with Crippen molar-refractivity contribution in [1.29, 1.82) is 0 Å². The highest BCUT2D eigenvalue weighted by atomic mass is 35.5. The van der Waals surface area contributed by atoms with E-state index in [2.05, 4.69) is 31.2 Å². The summed E-state index contributed by atoms with van der Waals surface area (Å²) in [6.45, 7) is 2.06. The van der Waals surface area contributed by atoms with Crippen LogP contribution in [0, 0.1) is 6.92 Å². The van der Waals surface area contributed by atoms with Gasteiger partial charge in [-0.2, -0.15) is 0 Å². The molecule has 1 aromatic carbocycles. The van der Waals surface area contributed by atoms with Gasteiger partial charge in [0.15, 0.2) is 0 Å². The van der Waals surface area contributed by atoms with Gasteiger partial charge in [-0.25, -0.2) is 0 Å².